The Kier molecular flexibility index (Phi) is 5.86. The predicted octanol–water partition coefficient (Wildman–Crippen LogP) is 2.94. The molecule has 84 valence electrons. The van der Waals surface area contributed by atoms with Gasteiger partial charge < -0.3 is 9.64 Å². The lowest BCUT2D eigenvalue weighted by molar-refractivity contribution is 0.138. The van der Waals surface area contributed by atoms with Crippen molar-refractivity contribution in [2.75, 3.05) is 31.7 Å². The standard InChI is InChI=1S/C13H21NO/c1-3-4-11-15-12-10-14(2)13-8-6-5-7-9-13/h5-9H,3-4,10-12H2,1-2H3. The summed E-state index contributed by atoms with van der Waals surface area (Å²) in [6.07, 6.45) is 2.36. The van der Waals surface area contributed by atoms with Crippen molar-refractivity contribution in [3.63, 3.8) is 0 Å². The van der Waals surface area contributed by atoms with E-state index in [-0.39, 0.29) is 0 Å². The van der Waals surface area contributed by atoms with Gasteiger partial charge in [0.2, 0.25) is 0 Å². The Hall–Kier alpha value is -1.02. The van der Waals surface area contributed by atoms with Gasteiger partial charge in [-0.2, -0.15) is 0 Å². The van der Waals surface area contributed by atoms with Gasteiger partial charge in [-0.25, -0.2) is 0 Å². The van der Waals surface area contributed by atoms with E-state index in [0.717, 1.165) is 26.2 Å². The molecule has 0 bridgehead atoms. The highest BCUT2D eigenvalue weighted by Crippen LogP contribution is 2.09. The van der Waals surface area contributed by atoms with Gasteiger partial charge in [-0.1, -0.05) is 31.5 Å². The first-order valence-corrected chi connectivity index (χ1v) is 5.68. The molecule has 1 aromatic carbocycles. The molecule has 0 aliphatic carbocycles. The Morgan fingerprint density at radius 2 is 1.87 bits per heavy atom. The van der Waals surface area contributed by atoms with E-state index in [1.807, 2.05) is 6.07 Å². The Balaban J connectivity index is 2.16. The molecule has 0 aliphatic rings. The van der Waals surface area contributed by atoms with Gasteiger partial charge >= 0.3 is 0 Å². The molecule has 0 atom stereocenters. The lowest BCUT2D eigenvalue weighted by Crippen LogP contribution is -2.22. The molecule has 0 radical (unpaired) electrons. The van der Waals surface area contributed by atoms with Crippen molar-refractivity contribution < 1.29 is 4.74 Å². The first-order valence-electron chi connectivity index (χ1n) is 5.68. The molecule has 0 fully saturated rings. The highest BCUT2D eigenvalue weighted by Gasteiger charge is 1.98. The second-order valence-corrected chi connectivity index (χ2v) is 3.72. The summed E-state index contributed by atoms with van der Waals surface area (Å²) in [6, 6.07) is 10.4. The first-order chi connectivity index (χ1) is 7.34. The topological polar surface area (TPSA) is 12.5 Å². The van der Waals surface area contributed by atoms with Crippen molar-refractivity contribution in [3.8, 4) is 0 Å². The molecule has 0 saturated carbocycles. The number of benzene rings is 1. The fourth-order valence-corrected chi connectivity index (χ4v) is 1.36. The number of hydrogen-bond acceptors (Lipinski definition) is 2. The zero-order chi connectivity index (χ0) is 10.9. The van der Waals surface area contributed by atoms with Crippen molar-refractivity contribution in [1.82, 2.24) is 0 Å². The molecular weight excluding hydrogens is 186 g/mol. The second kappa shape index (κ2) is 7.30. The number of nitrogens with zero attached hydrogens (tertiary/aromatic N) is 1. The van der Waals surface area contributed by atoms with E-state index < -0.39 is 0 Å². The normalized spacial score (nSPS) is 10.3. The molecule has 2 heteroatoms. The summed E-state index contributed by atoms with van der Waals surface area (Å²) >= 11 is 0. The molecule has 0 heterocycles. The maximum absolute atomic E-state index is 5.52. The molecule has 0 aromatic heterocycles. The van der Waals surface area contributed by atoms with Crippen LogP contribution in [-0.4, -0.2) is 26.8 Å². The second-order valence-electron chi connectivity index (χ2n) is 3.72. The number of hydrogen-bond donors (Lipinski definition) is 0. The minimum absolute atomic E-state index is 0.811. The van der Waals surface area contributed by atoms with Gasteiger partial charge in [0.15, 0.2) is 0 Å². The maximum atomic E-state index is 5.52. The zero-order valence-electron chi connectivity index (χ0n) is 9.78. The van der Waals surface area contributed by atoms with Crippen molar-refractivity contribution in [3.05, 3.63) is 30.3 Å². The summed E-state index contributed by atoms with van der Waals surface area (Å²) in [4.78, 5) is 2.21. The van der Waals surface area contributed by atoms with E-state index in [1.165, 1.54) is 12.1 Å². The van der Waals surface area contributed by atoms with Crippen LogP contribution in [0.2, 0.25) is 0 Å². The number of unbranched alkanes of at least 4 members (excludes halogenated alkanes) is 1. The summed E-state index contributed by atoms with van der Waals surface area (Å²) < 4.78 is 5.52. The van der Waals surface area contributed by atoms with Crippen molar-refractivity contribution in [2.24, 2.45) is 0 Å². The van der Waals surface area contributed by atoms with E-state index in [2.05, 4.69) is 43.1 Å². The Morgan fingerprint density at radius 1 is 1.13 bits per heavy atom. The molecule has 0 N–H and O–H groups in total. The van der Waals surface area contributed by atoms with Crippen LogP contribution in [0.25, 0.3) is 0 Å². The number of rotatable bonds is 7. The van der Waals surface area contributed by atoms with E-state index >= 15 is 0 Å². The molecule has 0 saturated heterocycles. The minimum atomic E-state index is 0.811. The summed E-state index contributed by atoms with van der Waals surface area (Å²) in [7, 11) is 2.10. The molecule has 0 amide bonds. The summed E-state index contributed by atoms with van der Waals surface area (Å²) in [5.41, 5.74) is 1.25. The zero-order valence-corrected chi connectivity index (χ0v) is 9.78. The fraction of sp³-hybridized carbons (Fsp3) is 0.538. The van der Waals surface area contributed by atoms with Gasteiger partial charge in [0.1, 0.15) is 0 Å². The SMILES string of the molecule is CCCCOCCN(C)c1ccccc1. The molecule has 0 aliphatic heterocycles. The molecule has 0 unspecified atom stereocenters. The average molecular weight is 207 g/mol. The van der Waals surface area contributed by atoms with Gasteiger partial charge in [0.05, 0.1) is 6.61 Å². The fourth-order valence-electron chi connectivity index (χ4n) is 1.36. The lowest BCUT2D eigenvalue weighted by Gasteiger charge is -2.18. The van der Waals surface area contributed by atoms with Crippen LogP contribution in [0.1, 0.15) is 19.8 Å². The quantitative estimate of drug-likeness (QED) is 0.637. The molecular formula is C13H21NO. The van der Waals surface area contributed by atoms with E-state index in [4.69, 9.17) is 4.74 Å². The van der Waals surface area contributed by atoms with Crippen LogP contribution < -0.4 is 4.90 Å². The molecule has 15 heavy (non-hydrogen) atoms. The largest absolute Gasteiger partial charge is 0.380 e. The summed E-state index contributed by atoms with van der Waals surface area (Å²) in [6.45, 7) is 4.83. The summed E-state index contributed by atoms with van der Waals surface area (Å²) in [5.74, 6) is 0. The van der Waals surface area contributed by atoms with E-state index in [1.54, 1.807) is 0 Å². The van der Waals surface area contributed by atoms with Crippen molar-refractivity contribution in [2.45, 2.75) is 19.8 Å². The number of likely N-dealkylation sites (N-methyl/N-ethyl adjacent to an activating group) is 1. The predicted molar refractivity (Wildman–Crippen MR) is 65.4 cm³/mol. The van der Waals surface area contributed by atoms with Gasteiger partial charge in [-0.15, -0.1) is 0 Å². The first kappa shape index (κ1) is 12.1. The third-order valence-electron chi connectivity index (χ3n) is 2.41. The van der Waals surface area contributed by atoms with Gasteiger partial charge in [0.25, 0.3) is 0 Å². The van der Waals surface area contributed by atoms with E-state index in [9.17, 15) is 0 Å². The third kappa shape index (κ3) is 4.84. The van der Waals surface area contributed by atoms with Crippen LogP contribution in [0, 0.1) is 0 Å². The van der Waals surface area contributed by atoms with E-state index in [0.29, 0.717) is 0 Å². The third-order valence-corrected chi connectivity index (χ3v) is 2.41. The Bertz CT molecular complexity index is 248. The van der Waals surface area contributed by atoms with Gasteiger partial charge in [-0.05, 0) is 18.6 Å². The minimum Gasteiger partial charge on any atom is -0.380 e. The summed E-state index contributed by atoms with van der Waals surface area (Å²) in [5, 5.41) is 0. The number of para-hydroxylation sites is 1. The molecule has 2 nitrogen and oxygen atoms in total. The number of ether oxygens (including phenoxy) is 1. The lowest BCUT2D eigenvalue weighted by atomic mass is 10.3. The van der Waals surface area contributed by atoms with Crippen LogP contribution in [0.5, 0.6) is 0 Å². The number of anilines is 1. The van der Waals surface area contributed by atoms with Crippen LogP contribution in [-0.2, 0) is 4.74 Å². The maximum Gasteiger partial charge on any atom is 0.0641 e. The monoisotopic (exact) mass is 207 g/mol. The van der Waals surface area contributed by atoms with Gasteiger partial charge in [-0.3, -0.25) is 0 Å². The van der Waals surface area contributed by atoms with Crippen molar-refractivity contribution in [1.29, 1.82) is 0 Å². The van der Waals surface area contributed by atoms with Crippen LogP contribution in [0.15, 0.2) is 30.3 Å². The molecule has 1 aromatic rings. The van der Waals surface area contributed by atoms with Crippen LogP contribution in [0.3, 0.4) is 0 Å². The molecule has 1 rings (SSSR count). The highest BCUT2D eigenvalue weighted by atomic mass is 16.5. The Labute approximate surface area is 92.9 Å². The van der Waals surface area contributed by atoms with Crippen LogP contribution in [0.4, 0.5) is 5.69 Å². The average Bonchev–Trinajstić information content (AvgIpc) is 2.30. The van der Waals surface area contributed by atoms with Gasteiger partial charge in [0, 0.05) is 25.9 Å². The smallest absolute Gasteiger partial charge is 0.0641 e. The van der Waals surface area contributed by atoms with Crippen molar-refractivity contribution >= 4 is 5.69 Å². The Morgan fingerprint density at radius 3 is 2.53 bits per heavy atom. The van der Waals surface area contributed by atoms with Crippen LogP contribution >= 0.6 is 0 Å². The molecule has 0 spiro atoms. The highest BCUT2D eigenvalue weighted by molar-refractivity contribution is 5.44.